The number of benzene rings is 3. The molecular formula is C27H28N6O2S. The highest BCUT2D eigenvalue weighted by Gasteiger charge is 2.21. The summed E-state index contributed by atoms with van der Waals surface area (Å²) in [6, 6.07) is 25.4. The normalized spacial score (nSPS) is 11.9. The van der Waals surface area contributed by atoms with Crippen LogP contribution in [0.1, 0.15) is 23.9 Å². The second-order valence-corrected chi connectivity index (χ2v) is 9.32. The average Bonchev–Trinajstić information content (AvgIpc) is 3.30. The van der Waals surface area contributed by atoms with Crippen molar-refractivity contribution in [3.05, 3.63) is 95.8 Å². The molecule has 0 unspecified atom stereocenters. The number of para-hydroxylation sites is 2. The van der Waals surface area contributed by atoms with E-state index in [1.807, 2.05) is 84.3 Å². The molecule has 36 heavy (non-hydrogen) atoms. The molecule has 0 saturated heterocycles. The van der Waals surface area contributed by atoms with Crippen molar-refractivity contribution in [3.63, 3.8) is 0 Å². The second-order valence-electron chi connectivity index (χ2n) is 8.01. The lowest BCUT2D eigenvalue weighted by molar-refractivity contribution is -0.120. The standard InChI is InChI=1S/C27H28N6O2S/c1-19-10-7-8-15-24(19)28-18-25-30-32-27(33(25)22-12-5-4-6-13-22)36-20(2)26(34)31-29-17-21-11-9-14-23(16-21)35-3/h4-17,20,28H,18H2,1-3H3,(H,31,34)/b29-17-/t20-/m0/s1. The van der Waals surface area contributed by atoms with Crippen molar-refractivity contribution in [2.24, 2.45) is 5.10 Å². The number of hydrogen-bond donors (Lipinski definition) is 2. The third kappa shape index (κ3) is 6.31. The smallest absolute Gasteiger partial charge is 0.253 e. The first kappa shape index (κ1) is 25.0. The molecule has 0 bridgehead atoms. The van der Waals surface area contributed by atoms with E-state index in [9.17, 15) is 4.79 Å². The molecule has 0 aliphatic carbocycles. The van der Waals surface area contributed by atoms with Crippen LogP contribution in [0.25, 0.3) is 5.69 Å². The Balaban J connectivity index is 1.47. The molecule has 1 heterocycles. The number of amides is 1. The molecule has 4 aromatic rings. The largest absolute Gasteiger partial charge is 0.497 e. The van der Waals surface area contributed by atoms with Gasteiger partial charge in [0.1, 0.15) is 5.75 Å². The van der Waals surface area contributed by atoms with Gasteiger partial charge in [-0.2, -0.15) is 5.10 Å². The number of hydrogen-bond acceptors (Lipinski definition) is 7. The van der Waals surface area contributed by atoms with Gasteiger partial charge in [-0.3, -0.25) is 9.36 Å². The van der Waals surface area contributed by atoms with E-state index in [-0.39, 0.29) is 5.91 Å². The van der Waals surface area contributed by atoms with Crippen molar-refractivity contribution in [2.75, 3.05) is 12.4 Å². The Morgan fingerprint density at radius 1 is 1.08 bits per heavy atom. The highest BCUT2D eigenvalue weighted by atomic mass is 32.2. The zero-order valence-electron chi connectivity index (χ0n) is 20.4. The van der Waals surface area contributed by atoms with Gasteiger partial charge in [0, 0.05) is 11.4 Å². The van der Waals surface area contributed by atoms with E-state index in [2.05, 4.69) is 39.0 Å². The molecule has 2 N–H and O–H groups in total. The van der Waals surface area contributed by atoms with Gasteiger partial charge in [-0.15, -0.1) is 10.2 Å². The molecule has 0 spiro atoms. The van der Waals surface area contributed by atoms with Crippen LogP contribution in [0.15, 0.2) is 89.1 Å². The maximum Gasteiger partial charge on any atom is 0.253 e. The lowest BCUT2D eigenvalue weighted by Crippen LogP contribution is -2.27. The molecule has 0 fully saturated rings. The molecule has 8 nitrogen and oxygen atoms in total. The number of anilines is 1. The number of methoxy groups -OCH3 is 1. The monoisotopic (exact) mass is 500 g/mol. The lowest BCUT2D eigenvalue weighted by Gasteiger charge is -2.14. The topological polar surface area (TPSA) is 93.4 Å². The second kappa shape index (κ2) is 12.0. The summed E-state index contributed by atoms with van der Waals surface area (Å²) in [6.45, 7) is 4.36. The zero-order chi connectivity index (χ0) is 25.3. The Morgan fingerprint density at radius 3 is 2.64 bits per heavy atom. The molecule has 184 valence electrons. The minimum Gasteiger partial charge on any atom is -0.497 e. The van der Waals surface area contributed by atoms with Crippen molar-refractivity contribution < 1.29 is 9.53 Å². The van der Waals surface area contributed by atoms with Gasteiger partial charge in [-0.1, -0.05) is 60.3 Å². The highest BCUT2D eigenvalue weighted by molar-refractivity contribution is 8.00. The highest BCUT2D eigenvalue weighted by Crippen LogP contribution is 2.26. The fourth-order valence-electron chi connectivity index (χ4n) is 3.47. The number of thioether (sulfide) groups is 1. The van der Waals surface area contributed by atoms with Gasteiger partial charge in [0.15, 0.2) is 11.0 Å². The number of aryl methyl sites for hydroxylation is 1. The van der Waals surface area contributed by atoms with Crippen LogP contribution in [-0.4, -0.2) is 39.2 Å². The van der Waals surface area contributed by atoms with Crippen LogP contribution in [0.2, 0.25) is 0 Å². The fraction of sp³-hybridized carbons (Fsp3) is 0.185. The van der Waals surface area contributed by atoms with E-state index < -0.39 is 5.25 Å². The molecule has 3 aromatic carbocycles. The number of nitrogens with zero attached hydrogens (tertiary/aromatic N) is 4. The summed E-state index contributed by atoms with van der Waals surface area (Å²) in [5, 5.41) is 16.5. The Hall–Kier alpha value is -4.11. The van der Waals surface area contributed by atoms with Crippen LogP contribution >= 0.6 is 11.8 Å². The van der Waals surface area contributed by atoms with Gasteiger partial charge in [0.2, 0.25) is 0 Å². The Kier molecular flexibility index (Phi) is 8.36. The predicted molar refractivity (Wildman–Crippen MR) is 144 cm³/mol. The molecule has 4 rings (SSSR count). The number of rotatable bonds is 10. The maximum atomic E-state index is 12.7. The van der Waals surface area contributed by atoms with E-state index in [0.29, 0.717) is 11.7 Å². The molecule has 1 amide bonds. The summed E-state index contributed by atoms with van der Waals surface area (Å²) in [4.78, 5) is 12.7. The molecule has 0 saturated carbocycles. The number of carbonyl (C=O) groups excluding carboxylic acids is 1. The molecule has 9 heteroatoms. The minimum atomic E-state index is -0.448. The summed E-state index contributed by atoms with van der Waals surface area (Å²) in [6.07, 6.45) is 1.58. The van der Waals surface area contributed by atoms with Crippen LogP contribution in [-0.2, 0) is 11.3 Å². The summed E-state index contributed by atoms with van der Waals surface area (Å²) >= 11 is 1.33. The third-order valence-corrected chi connectivity index (χ3v) is 6.47. The SMILES string of the molecule is COc1cccc(/C=N\NC(=O)[C@H](C)Sc2nnc(CNc3ccccc3C)n2-c2ccccc2)c1. The fourth-order valence-corrected chi connectivity index (χ4v) is 4.35. The van der Waals surface area contributed by atoms with E-state index >= 15 is 0 Å². The lowest BCUT2D eigenvalue weighted by atomic mass is 10.2. The first-order valence-corrected chi connectivity index (χ1v) is 12.4. The van der Waals surface area contributed by atoms with E-state index in [4.69, 9.17) is 4.74 Å². The Bertz CT molecular complexity index is 1340. The summed E-state index contributed by atoms with van der Waals surface area (Å²) in [7, 11) is 1.61. The van der Waals surface area contributed by atoms with E-state index in [1.54, 1.807) is 13.3 Å². The van der Waals surface area contributed by atoms with Crippen LogP contribution in [0.4, 0.5) is 5.69 Å². The van der Waals surface area contributed by atoms with Gasteiger partial charge in [-0.25, -0.2) is 5.43 Å². The molecular weight excluding hydrogens is 472 g/mol. The summed E-state index contributed by atoms with van der Waals surface area (Å²) in [5.41, 5.74) is 6.54. The first-order chi connectivity index (χ1) is 17.5. The molecule has 0 aliphatic heterocycles. The maximum absolute atomic E-state index is 12.7. The summed E-state index contributed by atoms with van der Waals surface area (Å²) in [5.74, 6) is 1.24. The first-order valence-electron chi connectivity index (χ1n) is 11.5. The Labute approximate surface area is 214 Å². The number of carbonyl (C=O) groups is 1. The van der Waals surface area contributed by atoms with Gasteiger partial charge in [0.25, 0.3) is 5.91 Å². The van der Waals surface area contributed by atoms with Crippen molar-refractivity contribution in [3.8, 4) is 11.4 Å². The van der Waals surface area contributed by atoms with Gasteiger partial charge in [-0.05, 0) is 55.3 Å². The third-order valence-electron chi connectivity index (χ3n) is 5.43. The Morgan fingerprint density at radius 2 is 1.86 bits per heavy atom. The van der Waals surface area contributed by atoms with Crippen LogP contribution < -0.4 is 15.5 Å². The minimum absolute atomic E-state index is 0.235. The van der Waals surface area contributed by atoms with Gasteiger partial charge < -0.3 is 10.1 Å². The summed E-state index contributed by atoms with van der Waals surface area (Å²) < 4.78 is 7.18. The van der Waals surface area contributed by atoms with Crippen molar-refractivity contribution in [1.82, 2.24) is 20.2 Å². The van der Waals surface area contributed by atoms with Crippen LogP contribution in [0.5, 0.6) is 5.75 Å². The molecule has 1 atom stereocenters. The van der Waals surface area contributed by atoms with Crippen LogP contribution in [0, 0.1) is 6.92 Å². The number of nitrogens with one attached hydrogen (secondary N) is 2. The van der Waals surface area contributed by atoms with Gasteiger partial charge in [0.05, 0.1) is 25.1 Å². The van der Waals surface area contributed by atoms with E-state index in [1.165, 1.54) is 11.8 Å². The van der Waals surface area contributed by atoms with Gasteiger partial charge >= 0.3 is 0 Å². The van der Waals surface area contributed by atoms with E-state index in [0.717, 1.165) is 34.1 Å². The number of hydrazone groups is 1. The van der Waals surface area contributed by atoms with Crippen molar-refractivity contribution >= 4 is 29.6 Å². The van der Waals surface area contributed by atoms with Crippen molar-refractivity contribution in [1.29, 1.82) is 0 Å². The molecule has 0 aliphatic rings. The molecule has 0 radical (unpaired) electrons. The number of aromatic nitrogens is 3. The predicted octanol–water partition coefficient (Wildman–Crippen LogP) is 4.83. The van der Waals surface area contributed by atoms with Crippen molar-refractivity contribution in [2.45, 2.75) is 30.8 Å². The quantitative estimate of drug-likeness (QED) is 0.184. The zero-order valence-corrected chi connectivity index (χ0v) is 21.2. The number of ether oxygens (including phenoxy) is 1. The average molecular weight is 501 g/mol. The molecule has 1 aromatic heterocycles. The van der Waals surface area contributed by atoms with Crippen LogP contribution in [0.3, 0.4) is 0 Å².